The van der Waals surface area contributed by atoms with Gasteiger partial charge in [0.25, 0.3) is 5.91 Å². The zero-order valence-corrected chi connectivity index (χ0v) is 18.3. The quantitative estimate of drug-likeness (QED) is 0.598. The van der Waals surface area contributed by atoms with Gasteiger partial charge in [-0.2, -0.15) is 0 Å². The molecule has 0 aliphatic heterocycles. The topological polar surface area (TPSA) is 77.4 Å². The second-order valence-corrected chi connectivity index (χ2v) is 8.78. The van der Waals surface area contributed by atoms with Crippen LogP contribution in [-0.4, -0.2) is 23.1 Å². The monoisotopic (exact) mass is 444 g/mol. The molecule has 0 spiro atoms. The molecule has 30 heavy (non-hydrogen) atoms. The Labute approximate surface area is 182 Å². The van der Waals surface area contributed by atoms with E-state index in [1.165, 1.54) is 17.5 Å². The molecule has 0 saturated carbocycles. The number of fused-ring (bicyclic) bond motifs is 2. The third-order valence-corrected chi connectivity index (χ3v) is 6.72. The van der Waals surface area contributed by atoms with E-state index >= 15 is 0 Å². The van der Waals surface area contributed by atoms with Gasteiger partial charge in [-0.1, -0.05) is 11.6 Å². The number of aromatic nitrogens is 1. The highest BCUT2D eigenvalue weighted by Gasteiger charge is 2.28. The van der Waals surface area contributed by atoms with E-state index in [9.17, 15) is 14.4 Å². The molecule has 1 amide bonds. The van der Waals surface area contributed by atoms with E-state index in [0.717, 1.165) is 36.1 Å². The SMILES string of the molecule is CCOC(=O)c1c(NC(=O)c2cn(C)c3ccc(Cl)cc3c2=O)sc2c1CCCC2. The molecular weight excluding hydrogens is 424 g/mol. The number of hydrogen-bond donors (Lipinski definition) is 1. The maximum Gasteiger partial charge on any atom is 0.341 e. The molecule has 4 rings (SSSR count). The number of esters is 1. The van der Waals surface area contributed by atoms with E-state index < -0.39 is 17.3 Å². The molecule has 0 unspecified atom stereocenters. The standard InChI is InChI=1S/C22H21ClN2O4S/c1-3-29-22(28)18-13-6-4-5-7-17(13)30-21(18)24-20(27)15-11-25(2)16-9-8-12(23)10-14(16)19(15)26/h8-11H,3-7H2,1-2H3,(H,24,27). The first-order valence-corrected chi connectivity index (χ1v) is 11.0. The predicted molar refractivity (Wildman–Crippen MR) is 119 cm³/mol. The second-order valence-electron chi connectivity index (χ2n) is 7.23. The molecule has 1 aliphatic rings. The van der Waals surface area contributed by atoms with Crippen LogP contribution in [0.4, 0.5) is 5.00 Å². The number of amides is 1. The molecule has 1 N–H and O–H groups in total. The highest BCUT2D eigenvalue weighted by Crippen LogP contribution is 2.38. The van der Waals surface area contributed by atoms with Crippen LogP contribution in [0.2, 0.25) is 5.02 Å². The van der Waals surface area contributed by atoms with E-state index in [0.29, 0.717) is 26.5 Å². The number of pyridine rings is 1. The number of hydrogen-bond acceptors (Lipinski definition) is 5. The van der Waals surface area contributed by atoms with Crippen molar-refractivity contribution >= 4 is 50.7 Å². The van der Waals surface area contributed by atoms with E-state index in [4.69, 9.17) is 16.3 Å². The summed E-state index contributed by atoms with van der Waals surface area (Å²) in [7, 11) is 1.76. The number of aryl methyl sites for hydroxylation is 2. The fraction of sp³-hybridized carbons (Fsp3) is 0.318. The molecule has 156 valence electrons. The van der Waals surface area contributed by atoms with Gasteiger partial charge in [-0.05, 0) is 56.4 Å². The van der Waals surface area contributed by atoms with Gasteiger partial charge in [0, 0.05) is 28.5 Å². The van der Waals surface area contributed by atoms with Crippen LogP contribution in [0.3, 0.4) is 0 Å². The zero-order valence-electron chi connectivity index (χ0n) is 16.7. The average Bonchev–Trinajstić information content (AvgIpc) is 3.08. The molecule has 2 aromatic heterocycles. The molecule has 0 radical (unpaired) electrons. The van der Waals surface area contributed by atoms with E-state index in [-0.39, 0.29) is 12.2 Å². The molecule has 3 aromatic rings. The molecule has 8 heteroatoms. The Balaban J connectivity index is 1.76. The van der Waals surface area contributed by atoms with Gasteiger partial charge in [0.05, 0.1) is 17.7 Å². The van der Waals surface area contributed by atoms with Gasteiger partial charge < -0.3 is 14.6 Å². The van der Waals surface area contributed by atoms with Crippen LogP contribution in [-0.2, 0) is 24.6 Å². The summed E-state index contributed by atoms with van der Waals surface area (Å²) in [6.07, 6.45) is 5.21. The van der Waals surface area contributed by atoms with Gasteiger partial charge in [-0.15, -0.1) is 11.3 Å². The van der Waals surface area contributed by atoms with Crippen molar-refractivity contribution in [1.82, 2.24) is 4.57 Å². The predicted octanol–water partition coefficient (Wildman–Crippen LogP) is 4.56. The zero-order chi connectivity index (χ0) is 21.4. The van der Waals surface area contributed by atoms with Crippen molar-refractivity contribution in [3.8, 4) is 0 Å². The van der Waals surface area contributed by atoms with Crippen molar-refractivity contribution in [3.05, 3.63) is 61.2 Å². The van der Waals surface area contributed by atoms with Gasteiger partial charge in [0.15, 0.2) is 0 Å². The number of benzene rings is 1. The minimum Gasteiger partial charge on any atom is -0.462 e. The Morgan fingerprint density at radius 2 is 2.03 bits per heavy atom. The van der Waals surface area contributed by atoms with Crippen LogP contribution >= 0.6 is 22.9 Å². The van der Waals surface area contributed by atoms with Crippen LogP contribution in [0, 0.1) is 0 Å². The van der Waals surface area contributed by atoms with Crippen LogP contribution in [0.25, 0.3) is 10.9 Å². The molecule has 0 fully saturated rings. The van der Waals surface area contributed by atoms with E-state index in [1.807, 2.05) is 0 Å². The highest BCUT2D eigenvalue weighted by molar-refractivity contribution is 7.17. The third-order valence-electron chi connectivity index (χ3n) is 5.27. The molecule has 1 aromatic carbocycles. The van der Waals surface area contributed by atoms with Crippen molar-refractivity contribution in [2.45, 2.75) is 32.6 Å². The van der Waals surface area contributed by atoms with E-state index in [2.05, 4.69) is 5.32 Å². The number of anilines is 1. The van der Waals surface area contributed by atoms with Crippen molar-refractivity contribution in [3.63, 3.8) is 0 Å². The molecule has 0 saturated heterocycles. The number of nitrogens with zero attached hydrogens (tertiary/aromatic N) is 1. The summed E-state index contributed by atoms with van der Waals surface area (Å²) in [6.45, 7) is 2.00. The minimum atomic E-state index is -0.554. The van der Waals surface area contributed by atoms with Crippen LogP contribution in [0.5, 0.6) is 0 Å². The largest absolute Gasteiger partial charge is 0.462 e. The average molecular weight is 445 g/mol. The minimum absolute atomic E-state index is 0.00607. The van der Waals surface area contributed by atoms with Gasteiger partial charge in [-0.3, -0.25) is 9.59 Å². The number of carbonyl (C=O) groups excluding carboxylic acids is 2. The third kappa shape index (κ3) is 3.63. The maximum atomic E-state index is 13.1. The first kappa shape index (κ1) is 20.6. The molecule has 0 atom stereocenters. The normalized spacial score (nSPS) is 13.2. The highest BCUT2D eigenvalue weighted by atomic mass is 35.5. The number of ether oxygens (including phenoxy) is 1. The summed E-state index contributed by atoms with van der Waals surface area (Å²) in [5.41, 5.74) is 1.65. The fourth-order valence-corrected chi connectivity index (χ4v) is 5.31. The second kappa shape index (κ2) is 8.24. The summed E-state index contributed by atoms with van der Waals surface area (Å²) in [5.74, 6) is -0.994. The number of carbonyl (C=O) groups is 2. The summed E-state index contributed by atoms with van der Waals surface area (Å²) < 4.78 is 6.95. The summed E-state index contributed by atoms with van der Waals surface area (Å²) in [6, 6.07) is 5.00. The first-order valence-electron chi connectivity index (χ1n) is 9.82. The van der Waals surface area contributed by atoms with Gasteiger partial charge in [0.1, 0.15) is 10.6 Å². The lowest BCUT2D eigenvalue weighted by Gasteiger charge is -2.12. The lowest BCUT2D eigenvalue weighted by Crippen LogP contribution is -2.24. The molecule has 2 heterocycles. The Morgan fingerprint density at radius 3 is 2.80 bits per heavy atom. The Bertz CT molecular complexity index is 1230. The Kier molecular flexibility index (Phi) is 5.66. The molecular formula is C22H21ClN2O4S. The lowest BCUT2D eigenvalue weighted by molar-refractivity contribution is 0.0526. The summed E-state index contributed by atoms with van der Waals surface area (Å²) >= 11 is 7.44. The van der Waals surface area contributed by atoms with Crippen molar-refractivity contribution < 1.29 is 14.3 Å². The van der Waals surface area contributed by atoms with Crippen molar-refractivity contribution in [1.29, 1.82) is 0 Å². The van der Waals surface area contributed by atoms with Gasteiger partial charge >= 0.3 is 5.97 Å². The lowest BCUT2D eigenvalue weighted by atomic mass is 9.95. The van der Waals surface area contributed by atoms with Crippen LogP contribution < -0.4 is 10.7 Å². The van der Waals surface area contributed by atoms with Crippen molar-refractivity contribution in [2.75, 3.05) is 11.9 Å². The van der Waals surface area contributed by atoms with Gasteiger partial charge in [0.2, 0.25) is 5.43 Å². The summed E-state index contributed by atoms with van der Waals surface area (Å²) in [4.78, 5) is 39.7. The molecule has 0 bridgehead atoms. The Hall–Kier alpha value is -2.64. The van der Waals surface area contributed by atoms with Crippen molar-refractivity contribution in [2.24, 2.45) is 7.05 Å². The first-order chi connectivity index (χ1) is 14.4. The van der Waals surface area contributed by atoms with Crippen LogP contribution in [0.15, 0.2) is 29.2 Å². The van der Waals surface area contributed by atoms with E-state index in [1.54, 1.807) is 36.7 Å². The molecule has 6 nitrogen and oxygen atoms in total. The Morgan fingerprint density at radius 1 is 1.27 bits per heavy atom. The fourth-order valence-electron chi connectivity index (χ4n) is 3.87. The number of rotatable bonds is 4. The number of thiophene rings is 1. The maximum absolute atomic E-state index is 13.1. The summed E-state index contributed by atoms with van der Waals surface area (Å²) in [5, 5.41) is 4.04. The number of nitrogens with one attached hydrogen (secondary N) is 1. The molecule has 1 aliphatic carbocycles. The number of halogens is 1. The smallest absolute Gasteiger partial charge is 0.341 e. The van der Waals surface area contributed by atoms with Gasteiger partial charge in [-0.25, -0.2) is 4.79 Å². The van der Waals surface area contributed by atoms with Crippen LogP contribution in [0.1, 0.15) is 50.9 Å².